The zero-order valence-corrected chi connectivity index (χ0v) is 17.7. The molecule has 1 aliphatic heterocycles. The van der Waals surface area contributed by atoms with Crippen LogP contribution in [0.25, 0.3) is 0 Å². The van der Waals surface area contributed by atoms with E-state index >= 15 is 0 Å². The molecule has 0 aliphatic carbocycles. The molecular formula is C23H20ClN3O4. The number of aryl methyl sites for hydroxylation is 1. The van der Waals surface area contributed by atoms with E-state index in [0.29, 0.717) is 22.8 Å². The van der Waals surface area contributed by atoms with Gasteiger partial charge in [0.05, 0.1) is 19.2 Å². The molecule has 0 radical (unpaired) electrons. The number of carbonyl (C=O) groups is 1. The Morgan fingerprint density at radius 1 is 1.29 bits per heavy atom. The van der Waals surface area contributed by atoms with Crippen molar-refractivity contribution in [2.24, 2.45) is 5.92 Å². The molecule has 0 spiro atoms. The molecule has 3 heterocycles. The van der Waals surface area contributed by atoms with Crippen molar-refractivity contribution in [3.05, 3.63) is 92.6 Å². The molecule has 2 atom stereocenters. The molecule has 0 saturated carbocycles. The van der Waals surface area contributed by atoms with E-state index in [2.05, 4.69) is 4.98 Å². The van der Waals surface area contributed by atoms with Gasteiger partial charge in [-0.1, -0.05) is 35.9 Å². The van der Waals surface area contributed by atoms with Gasteiger partial charge in [-0.25, -0.2) is 0 Å². The first-order valence-corrected chi connectivity index (χ1v) is 10.0. The summed E-state index contributed by atoms with van der Waals surface area (Å²) in [6, 6.07) is 12.4. The summed E-state index contributed by atoms with van der Waals surface area (Å²) in [5.41, 5.74) is 2.03. The second-order valence-corrected chi connectivity index (χ2v) is 7.69. The van der Waals surface area contributed by atoms with Gasteiger partial charge in [0.15, 0.2) is 0 Å². The van der Waals surface area contributed by atoms with Crippen LogP contribution in [-0.2, 0) is 16.1 Å². The van der Waals surface area contributed by atoms with E-state index in [4.69, 9.17) is 26.5 Å². The van der Waals surface area contributed by atoms with Gasteiger partial charge < -0.3 is 14.0 Å². The van der Waals surface area contributed by atoms with Crippen molar-refractivity contribution >= 4 is 23.5 Å². The summed E-state index contributed by atoms with van der Waals surface area (Å²) in [6.45, 7) is 2.10. The summed E-state index contributed by atoms with van der Waals surface area (Å²) >= 11 is 6.46. The number of benzene rings is 1. The van der Waals surface area contributed by atoms with Crippen LogP contribution in [0.5, 0.6) is 5.75 Å². The van der Waals surface area contributed by atoms with E-state index in [0.717, 1.165) is 5.56 Å². The fourth-order valence-corrected chi connectivity index (χ4v) is 4.18. The molecule has 8 heteroatoms. The Morgan fingerprint density at radius 3 is 2.74 bits per heavy atom. The van der Waals surface area contributed by atoms with Crippen LogP contribution in [0.4, 0.5) is 0 Å². The van der Waals surface area contributed by atoms with Gasteiger partial charge in [-0.15, -0.1) is 0 Å². The molecule has 0 saturated heterocycles. The Bertz CT molecular complexity index is 1220. The minimum atomic E-state index is -1.13. The van der Waals surface area contributed by atoms with Crippen LogP contribution in [0.2, 0.25) is 5.02 Å². The maximum absolute atomic E-state index is 13.7. The summed E-state index contributed by atoms with van der Waals surface area (Å²) in [5, 5.41) is 8.74. The lowest BCUT2D eigenvalue weighted by Gasteiger charge is -2.33. The van der Waals surface area contributed by atoms with Crippen molar-refractivity contribution in [1.82, 2.24) is 9.55 Å². The molecule has 2 unspecified atom stereocenters. The number of nitrogens with one attached hydrogen (secondary N) is 1. The Kier molecular flexibility index (Phi) is 5.61. The van der Waals surface area contributed by atoms with Gasteiger partial charge in [-0.3, -0.25) is 20.0 Å². The quantitative estimate of drug-likeness (QED) is 0.630. The van der Waals surface area contributed by atoms with Crippen molar-refractivity contribution in [2.75, 3.05) is 7.11 Å². The van der Waals surface area contributed by atoms with E-state index in [1.165, 1.54) is 7.11 Å². The zero-order chi connectivity index (χ0) is 22.1. The van der Waals surface area contributed by atoms with E-state index in [1.54, 1.807) is 60.3 Å². The summed E-state index contributed by atoms with van der Waals surface area (Å²) in [5.74, 6) is -2.64. The number of hydrogen-bond donors (Lipinski definition) is 1. The summed E-state index contributed by atoms with van der Waals surface area (Å²) in [6.07, 6.45) is 3.36. The van der Waals surface area contributed by atoms with Gasteiger partial charge in [0.2, 0.25) is 5.90 Å². The highest BCUT2D eigenvalue weighted by molar-refractivity contribution is 6.31. The molecule has 0 amide bonds. The molecular weight excluding hydrogens is 418 g/mol. The monoisotopic (exact) mass is 437 g/mol. The fraction of sp³-hybridized carbons (Fsp3) is 0.217. The lowest BCUT2D eigenvalue weighted by atomic mass is 9.78. The van der Waals surface area contributed by atoms with Gasteiger partial charge in [0.1, 0.15) is 11.7 Å². The first-order chi connectivity index (χ1) is 14.9. The van der Waals surface area contributed by atoms with Crippen LogP contribution < -0.4 is 10.3 Å². The number of rotatable bonds is 4. The van der Waals surface area contributed by atoms with Gasteiger partial charge in [-0.2, -0.15) is 0 Å². The number of pyridine rings is 2. The van der Waals surface area contributed by atoms with Crippen LogP contribution >= 0.6 is 11.6 Å². The van der Waals surface area contributed by atoms with E-state index < -0.39 is 17.8 Å². The largest absolute Gasteiger partial charge is 0.468 e. The summed E-state index contributed by atoms with van der Waals surface area (Å²) in [4.78, 5) is 30.4. The van der Waals surface area contributed by atoms with Gasteiger partial charge in [0.25, 0.3) is 5.56 Å². The van der Waals surface area contributed by atoms with Crippen molar-refractivity contribution in [2.45, 2.75) is 19.4 Å². The number of nitrogens with zero attached hydrogens (tertiary/aromatic N) is 2. The number of ether oxygens (including phenoxy) is 2. The highest BCUT2D eigenvalue weighted by atomic mass is 35.5. The Morgan fingerprint density at radius 2 is 2.06 bits per heavy atom. The maximum atomic E-state index is 13.7. The third-order valence-electron chi connectivity index (χ3n) is 5.41. The number of esters is 1. The normalized spacial score (nSPS) is 17.6. The zero-order valence-electron chi connectivity index (χ0n) is 17.0. The molecule has 0 bridgehead atoms. The number of methoxy groups -OCH3 is 1. The smallest absolute Gasteiger partial charge is 0.319 e. The SMILES string of the molecule is COC(=O)C1C(=N)Oc2cc(C)n(Cc3cccnc3)c(=O)c2C1c1ccccc1Cl. The molecule has 4 rings (SSSR count). The summed E-state index contributed by atoms with van der Waals surface area (Å²) in [7, 11) is 1.24. The van der Waals surface area contributed by atoms with Crippen LogP contribution in [0.1, 0.15) is 28.3 Å². The topological polar surface area (TPSA) is 94.3 Å². The third kappa shape index (κ3) is 3.72. The van der Waals surface area contributed by atoms with Crippen LogP contribution in [0.15, 0.2) is 59.7 Å². The minimum Gasteiger partial charge on any atom is -0.468 e. The second-order valence-electron chi connectivity index (χ2n) is 7.28. The third-order valence-corrected chi connectivity index (χ3v) is 5.76. The number of aromatic nitrogens is 2. The average Bonchev–Trinajstić information content (AvgIpc) is 2.76. The first-order valence-electron chi connectivity index (χ1n) is 9.64. The van der Waals surface area contributed by atoms with E-state index in [1.807, 2.05) is 6.07 Å². The van der Waals surface area contributed by atoms with Crippen molar-refractivity contribution in [3.63, 3.8) is 0 Å². The summed E-state index contributed by atoms with van der Waals surface area (Å²) < 4.78 is 12.2. The van der Waals surface area contributed by atoms with Crippen LogP contribution in [0.3, 0.4) is 0 Å². The van der Waals surface area contributed by atoms with E-state index in [-0.39, 0.29) is 22.8 Å². The van der Waals surface area contributed by atoms with Crippen LogP contribution in [0, 0.1) is 18.3 Å². The number of halogens is 1. The highest BCUT2D eigenvalue weighted by Crippen LogP contribution is 2.43. The Balaban J connectivity index is 1.96. The maximum Gasteiger partial charge on any atom is 0.319 e. The lowest BCUT2D eigenvalue weighted by Crippen LogP contribution is -2.42. The van der Waals surface area contributed by atoms with Crippen molar-refractivity contribution in [3.8, 4) is 5.75 Å². The predicted molar refractivity (Wildman–Crippen MR) is 116 cm³/mol. The molecule has 31 heavy (non-hydrogen) atoms. The fourth-order valence-electron chi connectivity index (χ4n) is 3.93. The van der Waals surface area contributed by atoms with Gasteiger partial charge >= 0.3 is 5.97 Å². The first kappa shape index (κ1) is 20.8. The van der Waals surface area contributed by atoms with E-state index in [9.17, 15) is 9.59 Å². The lowest BCUT2D eigenvalue weighted by molar-refractivity contribution is -0.143. The predicted octanol–water partition coefficient (Wildman–Crippen LogP) is 3.54. The Labute approximate surface area is 183 Å². The molecule has 7 nitrogen and oxygen atoms in total. The highest BCUT2D eigenvalue weighted by Gasteiger charge is 2.45. The number of carbonyl (C=O) groups excluding carboxylic acids is 1. The van der Waals surface area contributed by atoms with Gasteiger partial charge in [0, 0.05) is 35.1 Å². The number of fused-ring (bicyclic) bond motifs is 1. The second kappa shape index (κ2) is 8.35. The molecule has 2 aromatic heterocycles. The molecule has 1 aromatic carbocycles. The van der Waals surface area contributed by atoms with Crippen molar-refractivity contribution < 1.29 is 14.3 Å². The molecule has 3 aromatic rings. The minimum absolute atomic E-state index is 0.250. The van der Waals surface area contributed by atoms with Gasteiger partial charge in [-0.05, 0) is 30.2 Å². The molecule has 158 valence electrons. The molecule has 1 aliphatic rings. The molecule has 1 N–H and O–H groups in total. The Hall–Kier alpha value is -3.45. The standard InChI is InChI=1S/C23H20ClN3O4/c1-13-10-17-19(22(28)27(13)12-14-6-5-9-26-11-14)18(15-7-3-4-8-16(15)24)20(21(25)31-17)23(29)30-2/h3-11,18,20,25H,12H2,1-2H3. The van der Waals surface area contributed by atoms with Crippen molar-refractivity contribution in [1.29, 1.82) is 5.41 Å². The molecule has 0 fully saturated rings. The average molecular weight is 438 g/mol. The number of hydrogen-bond acceptors (Lipinski definition) is 6. The van der Waals surface area contributed by atoms with Crippen LogP contribution in [-0.4, -0.2) is 28.5 Å².